The zero-order chi connectivity index (χ0) is 26.4. The van der Waals surface area contributed by atoms with Crippen LogP contribution in [0.3, 0.4) is 0 Å². The Morgan fingerprint density at radius 2 is 1.41 bits per heavy atom. The molecule has 0 aliphatic heterocycles. The van der Waals surface area contributed by atoms with Crippen LogP contribution in [0.25, 0.3) is 10.8 Å². The van der Waals surface area contributed by atoms with E-state index in [1.165, 1.54) is 5.56 Å². The summed E-state index contributed by atoms with van der Waals surface area (Å²) in [6.45, 7) is -1.17. The van der Waals surface area contributed by atoms with Gasteiger partial charge in [0.05, 0.1) is 0 Å². The van der Waals surface area contributed by atoms with Crippen LogP contribution in [-0.2, 0) is 19.3 Å². The highest BCUT2D eigenvalue weighted by molar-refractivity contribution is 5.85. The summed E-state index contributed by atoms with van der Waals surface area (Å²) in [5, 5.41) is 1.11. The van der Waals surface area contributed by atoms with Crippen molar-refractivity contribution in [2.75, 3.05) is 0 Å². The molecule has 0 atom stereocenters. The number of hydrogen-bond acceptors (Lipinski definition) is 1. The van der Waals surface area contributed by atoms with E-state index in [0.717, 1.165) is 42.5 Å². The standard InChI is InChI=1S/C31H25F5O/c1-2-3-4-20-5-7-21(8-6-20)9-10-22-12-16-26-25(17-22)15-14-24(29(26)34)13-11-23-18-27(32)30(28(33)19-23)37-31(35)36/h5-8,12,14-19,31H,2-4,11,13H2,1H3. The van der Waals surface area contributed by atoms with Crippen molar-refractivity contribution in [2.45, 2.75) is 45.6 Å². The normalized spacial score (nSPS) is 11.0. The topological polar surface area (TPSA) is 9.23 Å². The second-order valence-electron chi connectivity index (χ2n) is 8.79. The van der Waals surface area contributed by atoms with Gasteiger partial charge in [0.1, 0.15) is 5.82 Å². The van der Waals surface area contributed by atoms with Gasteiger partial charge in [0.25, 0.3) is 0 Å². The second kappa shape index (κ2) is 11.9. The lowest BCUT2D eigenvalue weighted by atomic mass is 9.99. The summed E-state index contributed by atoms with van der Waals surface area (Å²) in [5.41, 5.74) is 3.54. The van der Waals surface area contributed by atoms with E-state index in [1.54, 1.807) is 24.3 Å². The Bertz CT molecular complexity index is 1430. The third-order valence-corrected chi connectivity index (χ3v) is 6.11. The maximum atomic E-state index is 15.2. The van der Waals surface area contributed by atoms with Crippen molar-refractivity contribution in [3.8, 4) is 17.6 Å². The van der Waals surface area contributed by atoms with Gasteiger partial charge in [-0.05, 0) is 84.2 Å². The first kappa shape index (κ1) is 26.2. The molecule has 0 saturated carbocycles. The maximum Gasteiger partial charge on any atom is 0.387 e. The van der Waals surface area contributed by atoms with Gasteiger partial charge in [-0.15, -0.1) is 0 Å². The summed E-state index contributed by atoms with van der Waals surface area (Å²) < 4.78 is 71.6. The monoisotopic (exact) mass is 508 g/mol. The van der Waals surface area contributed by atoms with Crippen molar-refractivity contribution < 1.29 is 26.7 Å². The fourth-order valence-electron chi connectivity index (χ4n) is 4.13. The van der Waals surface area contributed by atoms with Crippen LogP contribution in [0.1, 0.15) is 47.6 Å². The van der Waals surface area contributed by atoms with E-state index in [4.69, 9.17) is 0 Å². The van der Waals surface area contributed by atoms with E-state index in [-0.39, 0.29) is 18.4 Å². The predicted octanol–water partition coefficient (Wildman–Crippen LogP) is 8.39. The molecule has 0 radical (unpaired) electrons. The highest BCUT2D eigenvalue weighted by atomic mass is 19.3. The number of alkyl halides is 2. The van der Waals surface area contributed by atoms with Gasteiger partial charge in [0, 0.05) is 16.5 Å². The van der Waals surface area contributed by atoms with Gasteiger partial charge in [-0.3, -0.25) is 0 Å². The van der Waals surface area contributed by atoms with Gasteiger partial charge in [0.15, 0.2) is 17.4 Å². The van der Waals surface area contributed by atoms with Crippen molar-refractivity contribution in [3.05, 3.63) is 112 Å². The Kier molecular flexibility index (Phi) is 8.45. The van der Waals surface area contributed by atoms with Crippen LogP contribution in [0.5, 0.6) is 5.75 Å². The molecular weight excluding hydrogens is 483 g/mol. The number of fused-ring (bicyclic) bond motifs is 1. The Morgan fingerprint density at radius 3 is 2.08 bits per heavy atom. The highest BCUT2D eigenvalue weighted by Gasteiger charge is 2.17. The SMILES string of the molecule is CCCCc1ccc(C#Cc2ccc3c(F)c(CCc4cc(F)c(OC(F)F)c(F)c4)ccc3c2)cc1. The lowest BCUT2D eigenvalue weighted by molar-refractivity contribution is -0.0546. The molecule has 0 unspecified atom stereocenters. The van der Waals surface area contributed by atoms with Crippen LogP contribution in [-0.4, -0.2) is 6.61 Å². The van der Waals surface area contributed by atoms with Crippen molar-refractivity contribution >= 4 is 10.8 Å². The molecule has 37 heavy (non-hydrogen) atoms. The largest absolute Gasteiger partial charge is 0.429 e. The minimum atomic E-state index is -3.34. The van der Waals surface area contributed by atoms with Crippen LogP contribution in [0, 0.1) is 29.3 Å². The number of halogens is 5. The van der Waals surface area contributed by atoms with Crippen LogP contribution in [0.2, 0.25) is 0 Å². The lowest BCUT2D eigenvalue weighted by Crippen LogP contribution is -2.06. The summed E-state index contributed by atoms with van der Waals surface area (Å²) in [6.07, 6.45) is 3.65. The summed E-state index contributed by atoms with van der Waals surface area (Å²) in [4.78, 5) is 0. The molecule has 0 heterocycles. The lowest BCUT2D eigenvalue weighted by Gasteiger charge is -2.10. The Labute approximate surface area is 212 Å². The van der Waals surface area contributed by atoms with Crippen LogP contribution >= 0.6 is 0 Å². The molecule has 0 aromatic heterocycles. The highest BCUT2D eigenvalue weighted by Crippen LogP contribution is 2.27. The first-order valence-electron chi connectivity index (χ1n) is 12.1. The Hall–Kier alpha value is -3.85. The van der Waals surface area contributed by atoms with E-state index >= 15 is 4.39 Å². The van der Waals surface area contributed by atoms with Crippen molar-refractivity contribution in [1.29, 1.82) is 0 Å². The number of rotatable bonds is 8. The van der Waals surface area contributed by atoms with Crippen LogP contribution in [0.15, 0.2) is 66.7 Å². The van der Waals surface area contributed by atoms with Crippen LogP contribution < -0.4 is 4.74 Å². The van der Waals surface area contributed by atoms with Gasteiger partial charge < -0.3 is 4.74 Å². The Balaban J connectivity index is 1.47. The molecule has 4 aromatic rings. The number of aryl methyl sites for hydroxylation is 3. The van der Waals surface area contributed by atoms with Crippen LogP contribution in [0.4, 0.5) is 22.0 Å². The molecule has 4 rings (SSSR count). The first-order valence-corrected chi connectivity index (χ1v) is 12.1. The zero-order valence-corrected chi connectivity index (χ0v) is 20.3. The predicted molar refractivity (Wildman–Crippen MR) is 135 cm³/mol. The van der Waals surface area contributed by atoms with Gasteiger partial charge in [-0.25, -0.2) is 13.2 Å². The third-order valence-electron chi connectivity index (χ3n) is 6.11. The molecule has 0 bridgehead atoms. The van der Waals surface area contributed by atoms with E-state index in [9.17, 15) is 17.6 Å². The molecule has 0 saturated heterocycles. The van der Waals surface area contributed by atoms with Gasteiger partial charge in [-0.1, -0.05) is 55.5 Å². The fraction of sp³-hybridized carbons (Fsp3) is 0.226. The minimum Gasteiger partial charge on any atom is -0.429 e. The van der Waals surface area contributed by atoms with Gasteiger partial charge in [-0.2, -0.15) is 8.78 Å². The molecule has 0 aliphatic carbocycles. The van der Waals surface area contributed by atoms with Gasteiger partial charge >= 0.3 is 6.61 Å². The molecule has 1 nitrogen and oxygen atoms in total. The smallest absolute Gasteiger partial charge is 0.387 e. The average Bonchev–Trinajstić information content (AvgIpc) is 2.88. The average molecular weight is 509 g/mol. The summed E-state index contributed by atoms with van der Waals surface area (Å²) in [7, 11) is 0. The summed E-state index contributed by atoms with van der Waals surface area (Å²) in [5.74, 6) is 2.27. The third kappa shape index (κ3) is 6.68. The number of ether oxygens (including phenoxy) is 1. The zero-order valence-electron chi connectivity index (χ0n) is 20.3. The molecule has 190 valence electrons. The quantitative estimate of drug-likeness (QED) is 0.172. The summed E-state index contributed by atoms with van der Waals surface area (Å²) >= 11 is 0. The van der Waals surface area contributed by atoms with Gasteiger partial charge in [0.2, 0.25) is 0 Å². The number of unbranched alkanes of at least 4 members (excludes halogenated alkanes) is 1. The molecule has 0 amide bonds. The molecular formula is C31H25F5O. The molecule has 6 heteroatoms. The van der Waals surface area contributed by atoms with E-state index < -0.39 is 29.8 Å². The Morgan fingerprint density at radius 1 is 0.730 bits per heavy atom. The second-order valence-corrected chi connectivity index (χ2v) is 8.79. The molecule has 4 aromatic carbocycles. The van der Waals surface area contributed by atoms with Crippen molar-refractivity contribution in [1.82, 2.24) is 0 Å². The van der Waals surface area contributed by atoms with E-state index in [0.29, 0.717) is 16.3 Å². The molecule has 0 fully saturated rings. The molecule has 0 aliphatic rings. The first-order chi connectivity index (χ1) is 17.8. The molecule has 0 spiro atoms. The summed E-state index contributed by atoms with van der Waals surface area (Å²) in [6, 6.07) is 18.7. The minimum absolute atomic E-state index is 0.117. The van der Waals surface area contributed by atoms with E-state index in [2.05, 4.69) is 35.6 Å². The molecule has 0 N–H and O–H groups in total. The van der Waals surface area contributed by atoms with Crippen molar-refractivity contribution in [2.24, 2.45) is 0 Å². The maximum absolute atomic E-state index is 15.2. The number of hydrogen-bond donors (Lipinski definition) is 0. The number of benzene rings is 4. The van der Waals surface area contributed by atoms with E-state index in [1.807, 2.05) is 18.2 Å². The fourth-order valence-corrected chi connectivity index (χ4v) is 4.13. The van der Waals surface area contributed by atoms with Crippen molar-refractivity contribution in [3.63, 3.8) is 0 Å².